The van der Waals surface area contributed by atoms with Crippen molar-refractivity contribution in [1.82, 2.24) is 4.31 Å². The first-order valence-electron chi connectivity index (χ1n) is 8.86. The molecule has 0 N–H and O–H groups in total. The molecule has 0 aromatic heterocycles. The fourth-order valence-corrected chi connectivity index (χ4v) is 5.85. The van der Waals surface area contributed by atoms with Gasteiger partial charge in [0.25, 0.3) is 0 Å². The molecule has 1 saturated heterocycles. The number of amides is 1. The predicted molar refractivity (Wildman–Crippen MR) is 110 cm³/mol. The third-order valence-corrected chi connectivity index (χ3v) is 7.69. The maximum atomic E-state index is 12.9. The molecule has 0 saturated carbocycles. The van der Waals surface area contributed by atoms with Crippen molar-refractivity contribution in [2.24, 2.45) is 0 Å². The summed E-state index contributed by atoms with van der Waals surface area (Å²) < 4.78 is 33.5. The molecule has 0 bridgehead atoms. The molecule has 0 spiro atoms. The molecule has 2 aliphatic rings. The predicted octanol–water partition coefficient (Wildman–Crippen LogP) is 4.41. The van der Waals surface area contributed by atoms with Crippen molar-refractivity contribution in [1.29, 1.82) is 0 Å². The summed E-state index contributed by atoms with van der Waals surface area (Å²) in [6, 6.07) is 11.9. The third kappa shape index (κ3) is 3.66. The lowest BCUT2D eigenvalue weighted by Gasteiger charge is -2.39. The quantitative estimate of drug-likeness (QED) is 0.646. The molecule has 1 amide bonds. The highest BCUT2D eigenvalue weighted by molar-refractivity contribution is 9.10. The zero-order valence-electron chi connectivity index (χ0n) is 14.8. The van der Waals surface area contributed by atoms with Crippen LogP contribution in [-0.2, 0) is 21.4 Å². The van der Waals surface area contributed by atoms with E-state index < -0.39 is 10.0 Å². The van der Waals surface area contributed by atoms with E-state index in [2.05, 4.69) is 15.9 Å². The van der Waals surface area contributed by atoms with E-state index in [9.17, 15) is 13.2 Å². The number of cyclic esters (lactones) is 1. The molecule has 0 unspecified atom stereocenters. The zero-order chi connectivity index (χ0) is 19.9. The van der Waals surface area contributed by atoms with E-state index in [-0.39, 0.29) is 23.6 Å². The Morgan fingerprint density at radius 2 is 1.86 bits per heavy atom. The summed E-state index contributed by atoms with van der Waals surface area (Å²) >= 11 is 9.38. The second-order valence-corrected chi connectivity index (χ2v) is 10.1. The number of halogens is 2. The van der Waals surface area contributed by atoms with Crippen molar-refractivity contribution in [3.63, 3.8) is 0 Å². The summed E-state index contributed by atoms with van der Waals surface area (Å²) in [5.74, 6) is 0. The van der Waals surface area contributed by atoms with Gasteiger partial charge >= 0.3 is 6.09 Å². The molecule has 28 heavy (non-hydrogen) atoms. The van der Waals surface area contributed by atoms with Crippen LogP contribution in [0.1, 0.15) is 18.4 Å². The number of ether oxygens (including phenoxy) is 1. The average molecular weight is 486 g/mol. The number of carbonyl (C=O) groups excluding carboxylic acids is 1. The lowest BCUT2D eigenvalue weighted by atomic mass is 10.0. The molecular weight excluding hydrogens is 468 g/mol. The van der Waals surface area contributed by atoms with Crippen LogP contribution in [0, 0.1) is 0 Å². The fraction of sp³-hybridized carbons (Fsp3) is 0.316. The number of anilines is 1. The molecular formula is C19H18BrClN2O4S. The molecule has 0 atom stereocenters. The Kier molecular flexibility index (Phi) is 5.39. The Hall–Kier alpha value is -1.61. The minimum Gasteiger partial charge on any atom is -0.444 e. The average Bonchev–Trinajstić information content (AvgIpc) is 2.68. The van der Waals surface area contributed by atoms with E-state index in [1.165, 1.54) is 10.4 Å². The van der Waals surface area contributed by atoms with Crippen molar-refractivity contribution in [3.8, 4) is 0 Å². The topological polar surface area (TPSA) is 66.9 Å². The van der Waals surface area contributed by atoms with Crippen LogP contribution >= 0.6 is 27.5 Å². The number of rotatable bonds is 3. The lowest BCUT2D eigenvalue weighted by Crippen LogP contribution is -2.50. The maximum Gasteiger partial charge on any atom is 0.414 e. The van der Waals surface area contributed by atoms with Crippen LogP contribution < -0.4 is 4.90 Å². The second kappa shape index (κ2) is 7.67. The Morgan fingerprint density at radius 1 is 1.11 bits per heavy atom. The summed E-state index contributed by atoms with van der Waals surface area (Å²) in [5, 5.41) is 0.384. The number of piperidine rings is 1. The van der Waals surface area contributed by atoms with Crippen LogP contribution in [0.5, 0.6) is 0 Å². The maximum absolute atomic E-state index is 12.9. The monoisotopic (exact) mass is 484 g/mol. The molecule has 2 aliphatic heterocycles. The summed E-state index contributed by atoms with van der Waals surface area (Å²) in [7, 11) is -3.61. The van der Waals surface area contributed by atoms with Crippen molar-refractivity contribution in [2.75, 3.05) is 18.0 Å². The summed E-state index contributed by atoms with van der Waals surface area (Å²) in [6.45, 7) is 0.899. The van der Waals surface area contributed by atoms with Crippen LogP contribution in [0.3, 0.4) is 0 Å². The highest BCUT2D eigenvalue weighted by Gasteiger charge is 2.37. The Morgan fingerprint density at radius 3 is 2.57 bits per heavy atom. The molecule has 9 heteroatoms. The van der Waals surface area contributed by atoms with Crippen LogP contribution in [0.15, 0.2) is 51.8 Å². The van der Waals surface area contributed by atoms with E-state index in [4.69, 9.17) is 16.3 Å². The molecule has 2 aromatic rings. The van der Waals surface area contributed by atoms with Crippen molar-refractivity contribution < 1.29 is 17.9 Å². The number of sulfonamides is 1. The molecule has 4 rings (SSSR count). The smallest absolute Gasteiger partial charge is 0.414 e. The van der Waals surface area contributed by atoms with Crippen LogP contribution in [-0.4, -0.2) is 37.9 Å². The van der Waals surface area contributed by atoms with Crippen LogP contribution in [0.2, 0.25) is 5.02 Å². The first-order chi connectivity index (χ1) is 13.4. The van der Waals surface area contributed by atoms with Gasteiger partial charge in [-0.25, -0.2) is 13.2 Å². The molecule has 2 heterocycles. The molecule has 2 aromatic carbocycles. The van der Waals surface area contributed by atoms with Gasteiger partial charge in [-0.3, -0.25) is 4.90 Å². The summed E-state index contributed by atoms with van der Waals surface area (Å²) in [4.78, 5) is 14.3. The summed E-state index contributed by atoms with van der Waals surface area (Å²) in [5.41, 5.74) is 1.76. The highest BCUT2D eigenvalue weighted by Crippen LogP contribution is 2.34. The van der Waals surface area contributed by atoms with Crippen molar-refractivity contribution >= 4 is 49.3 Å². The SMILES string of the molecule is O=C1OCc2cc(Br)ccc2N1C1CCN(S(=O)(=O)c2cccc(Cl)c2)CC1. The Labute approximate surface area is 177 Å². The zero-order valence-corrected chi connectivity index (χ0v) is 18.0. The first-order valence-corrected chi connectivity index (χ1v) is 11.5. The lowest BCUT2D eigenvalue weighted by molar-refractivity contribution is 0.135. The van der Waals surface area contributed by atoms with Gasteiger partial charge in [0, 0.05) is 34.2 Å². The Bertz CT molecular complexity index is 1020. The van der Waals surface area contributed by atoms with E-state index in [0.717, 1.165) is 15.7 Å². The number of hydrogen-bond acceptors (Lipinski definition) is 4. The molecule has 0 aliphatic carbocycles. The molecule has 148 valence electrons. The number of benzene rings is 2. The van der Waals surface area contributed by atoms with Crippen LogP contribution in [0.25, 0.3) is 0 Å². The molecule has 6 nitrogen and oxygen atoms in total. The first kappa shape index (κ1) is 19.7. The standard InChI is InChI=1S/C19H18BrClN2O4S/c20-14-4-5-18-13(10-14)12-27-19(24)23(18)16-6-8-22(9-7-16)28(25,26)17-3-1-2-15(21)11-17/h1-5,10-11,16H,6-9,12H2. The van der Waals surface area contributed by atoms with Gasteiger partial charge in [0.1, 0.15) is 6.61 Å². The Balaban J connectivity index is 1.53. The van der Waals surface area contributed by atoms with Gasteiger partial charge in [0.05, 0.1) is 10.6 Å². The van der Waals surface area contributed by atoms with E-state index in [0.29, 0.717) is 31.0 Å². The van der Waals surface area contributed by atoms with Gasteiger partial charge in [-0.2, -0.15) is 4.31 Å². The number of nitrogens with zero attached hydrogens (tertiary/aromatic N) is 2. The van der Waals surface area contributed by atoms with Crippen molar-refractivity contribution in [2.45, 2.75) is 30.4 Å². The van der Waals surface area contributed by atoms with Gasteiger partial charge < -0.3 is 4.74 Å². The normalized spacial score (nSPS) is 18.6. The van der Waals surface area contributed by atoms with Gasteiger partial charge in [-0.05, 0) is 49.2 Å². The van der Waals surface area contributed by atoms with Gasteiger partial charge in [-0.1, -0.05) is 33.6 Å². The largest absolute Gasteiger partial charge is 0.444 e. The minimum absolute atomic E-state index is 0.112. The van der Waals surface area contributed by atoms with E-state index in [1.807, 2.05) is 18.2 Å². The summed E-state index contributed by atoms with van der Waals surface area (Å²) in [6.07, 6.45) is 0.681. The highest BCUT2D eigenvalue weighted by atomic mass is 79.9. The molecule has 1 fully saturated rings. The van der Waals surface area contributed by atoms with Gasteiger partial charge in [0.2, 0.25) is 10.0 Å². The van der Waals surface area contributed by atoms with E-state index >= 15 is 0 Å². The van der Waals surface area contributed by atoms with Gasteiger partial charge in [-0.15, -0.1) is 0 Å². The number of hydrogen-bond donors (Lipinski definition) is 0. The second-order valence-electron chi connectivity index (χ2n) is 6.79. The fourth-order valence-electron chi connectivity index (χ4n) is 3.68. The number of carbonyl (C=O) groups is 1. The third-order valence-electron chi connectivity index (χ3n) is 5.07. The number of fused-ring (bicyclic) bond motifs is 1. The van der Waals surface area contributed by atoms with E-state index in [1.54, 1.807) is 23.1 Å². The minimum atomic E-state index is -3.61. The van der Waals surface area contributed by atoms with Crippen molar-refractivity contribution in [3.05, 3.63) is 57.5 Å². The van der Waals surface area contributed by atoms with Crippen LogP contribution in [0.4, 0.5) is 10.5 Å². The van der Waals surface area contributed by atoms with Gasteiger partial charge in [0.15, 0.2) is 0 Å². The molecule has 0 radical (unpaired) electrons.